The van der Waals surface area contributed by atoms with Gasteiger partial charge in [-0.3, -0.25) is 9.59 Å². The summed E-state index contributed by atoms with van der Waals surface area (Å²) in [7, 11) is 0. The highest BCUT2D eigenvalue weighted by atomic mass is 16.5. The van der Waals surface area contributed by atoms with Crippen LogP contribution < -0.4 is 0 Å². The number of allylic oxidation sites excluding steroid dienone is 1. The van der Waals surface area contributed by atoms with Crippen LogP contribution in [0.15, 0.2) is 12.2 Å². The third kappa shape index (κ3) is 10.7. The van der Waals surface area contributed by atoms with Gasteiger partial charge in [0.2, 0.25) is 0 Å². The largest absolute Gasteiger partial charge is 0.466 e. The van der Waals surface area contributed by atoms with Crippen molar-refractivity contribution in [3.63, 3.8) is 0 Å². The molecule has 1 rings (SSSR count). The number of hydrogen-bond acceptors (Lipinski definition) is 4. The second kappa shape index (κ2) is 13.1. The molecule has 4 nitrogen and oxygen atoms in total. The average molecular weight is 381 g/mol. The van der Waals surface area contributed by atoms with Gasteiger partial charge < -0.3 is 9.84 Å². The maximum Gasteiger partial charge on any atom is 0.302 e. The molecular formula is C23H40O4. The summed E-state index contributed by atoms with van der Waals surface area (Å²) < 4.78 is 4.93. The van der Waals surface area contributed by atoms with E-state index in [1.807, 2.05) is 13.0 Å². The van der Waals surface area contributed by atoms with Crippen molar-refractivity contribution in [3.05, 3.63) is 12.2 Å². The molecule has 1 aliphatic carbocycles. The van der Waals surface area contributed by atoms with Gasteiger partial charge in [-0.05, 0) is 38.5 Å². The number of rotatable bonds is 14. The van der Waals surface area contributed by atoms with Crippen LogP contribution in [0.4, 0.5) is 0 Å². The number of esters is 1. The van der Waals surface area contributed by atoms with E-state index in [0.717, 1.165) is 70.6 Å². The normalized spacial score (nSPS) is 22.3. The Morgan fingerprint density at radius 3 is 2.59 bits per heavy atom. The Hall–Kier alpha value is -1.16. The van der Waals surface area contributed by atoms with E-state index in [2.05, 4.69) is 13.0 Å². The van der Waals surface area contributed by atoms with E-state index in [1.54, 1.807) is 0 Å². The molecule has 1 N–H and O–H groups in total. The highest BCUT2D eigenvalue weighted by Gasteiger charge is 2.32. The van der Waals surface area contributed by atoms with Crippen molar-refractivity contribution in [1.82, 2.24) is 0 Å². The monoisotopic (exact) mass is 380 g/mol. The molecule has 0 heterocycles. The molecule has 0 bridgehead atoms. The van der Waals surface area contributed by atoms with E-state index in [4.69, 9.17) is 4.74 Å². The van der Waals surface area contributed by atoms with Gasteiger partial charge in [0, 0.05) is 19.3 Å². The number of carbonyl (C=O) groups is 2. The minimum Gasteiger partial charge on any atom is -0.466 e. The third-order valence-corrected chi connectivity index (χ3v) is 5.61. The zero-order valence-electron chi connectivity index (χ0n) is 17.7. The van der Waals surface area contributed by atoms with Crippen molar-refractivity contribution >= 4 is 11.8 Å². The number of ketones is 1. The summed E-state index contributed by atoms with van der Waals surface area (Å²) >= 11 is 0. The fourth-order valence-electron chi connectivity index (χ4n) is 3.90. The molecule has 1 aliphatic rings. The molecule has 0 aromatic heterocycles. The zero-order chi connectivity index (χ0) is 20.1. The van der Waals surface area contributed by atoms with Crippen LogP contribution in [0.3, 0.4) is 0 Å². The summed E-state index contributed by atoms with van der Waals surface area (Å²) in [6.45, 7) is 6.00. The Kier molecular flexibility index (Phi) is 11.6. The molecule has 0 spiro atoms. The highest BCUT2D eigenvalue weighted by molar-refractivity contribution is 5.83. The Morgan fingerprint density at radius 2 is 1.89 bits per heavy atom. The molecule has 0 radical (unpaired) electrons. The second-order valence-corrected chi connectivity index (χ2v) is 8.35. The van der Waals surface area contributed by atoms with E-state index in [1.165, 1.54) is 6.92 Å². The minimum absolute atomic E-state index is 0.133. The molecule has 3 atom stereocenters. The van der Waals surface area contributed by atoms with Gasteiger partial charge in [-0.1, -0.05) is 64.0 Å². The van der Waals surface area contributed by atoms with Crippen LogP contribution in [0, 0.1) is 11.8 Å². The first kappa shape index (κ1) is 23.9. The molecule has 27 heavy (non-hydrogen) atoms. The Labute approximate surface area is 165 Å². The Bertz CT molecular complexity index is 467. The standard InChI is InChI=1S/C23H40O4/c1-4-5-10-16-23(3,26)17-15-20-13-14-22(25)21(20)12-9-7-6-8-11-18-27-19(2)24/h15,17,20-21,26H,4-14,16,18H2,1-3H3/b17-15+/t20-,21-,23+/m1/s1. The fraction of sp³-hybridized carbons (Fsp3) is 0.826. The first-order chi connectivity index (χ1) is 12.9. The van der Waals surface area contributed by atoms with Crippen LogP contribution in [-0.2, 0) is 14.3 Å². The van der Waals surface area contributed by atoms with Gasteiger partial charge in [0.05, 0.1) is 12.2 Å². The molecule has 0 amide bonds. The van der Waals surface area contributed by atoms with E-state index in [9.17, 15) is 14.7 Å². The van der Waals surface area contributed by atoms with Crippen molar-refractivity contribution in [2.45, 2.75) is 103 Å². The van der Waals surface area contributed by atoms with Gasteiger partial charge >= 0.3 is 5.97 Å². The summed E-state index contributed by atoms with van der Waals surface area (Å²) in [4.78, 5) is 22.9. The number of carbonyl (C=O) groups excluding carboxylic acids is 2. The van der Waals surface area contributed by atoms with Crippen LogP contribution in [0.5, 0.6) is 0 Å². The van der Waals surface area contributed by atoms with Crippen molar-refractivity contribution in [1.29, 1.82) is 0 Å². The molecule has 0 aromatic rings. The van der Waals surface area contributed by atoms with Crippen molar-refractivity contribution in [3.8, 4) is 0 Å². The lowest BCUT2D eigenvalue weighted by Gasteiger charge is -2.21. The SMILES string of the molecule is CCCCC[C@](C)(O)/C=C/[C@H]1CCC(=O)[C@@H]1CCCCCCCOC(C)=O. The van der Waals surface area contributed by atoms with Crippen molar-refractivity contribution in [2.75, 3.05) is 6.61 Å². The van der Waals surface area contributed by atoms with Crippen molar-refractivity contribution < 1.29 is 19.4 Å². The number of Topliss-reactive ketones (excluding diaryl/α,β-unsaturated/α-hetero) is 1. The van der Waals surface area contributed by atoms with Gasteiger partial charge in [0.1, 0.15) is 5.78 Å². The molecular weight excluding hydrogens is 340 g/mol. The minimum atomic E-state index is -0.757. The van der Waals surface area contributed by atoms with Crippen LogP contribution in [0.1, 0.15) is 97.8 Å². The van der Waals surface area contributed by atoms with Crippen molar-refractivity contribution in [2.24, 2.45) is 11.8 Å². The van der Waals surface area contributed by atoms with E-state index in [-0.39, 0.29) is 11.9 Å². The van der Waals surface area contributed by atoms with Gasteiger partial charge in [0.15, 0.2) is 0 Å². The maximum atomic E-state index is 12.2. The Balaban J connectivity index is 2.29. The second-order valence-electron chi connectivity index (χ2n) is 8.35. The molecule has 0 unspecified atom stereocenters. The molecule has 0 aliphatic heterocycles. The van der Waals surface area contributed by atoms with E-state index >= 15 is 0 Å². The van der Waals surface area contributed by atoms with Crippen LogP contribution >= 0.6 is 0 Å². The Morgan fingerprint density at radius 1 is 1.19 bits per heavy atom. The first-order valence-electron chi connectivity index (χ1n) is 10.9. The van der Waals surface area contributed by atoms with Gasteiger partial charge in [-0.15, -0.1) is 0 Å². The average Bonchev–Trinajstić information content (AvgIpc) is 2.95. The lowest BCUT2D eigenvalue weighted by molar-refractivity contribution is -0.141. The van der Waals surface area contributed by atoms with Gasteiger partial charge in [0.25, 0.3) is 0 Å². The topological polar surface area (TPSA) is 63.6 Å². The number of ether oxygens (including phenoxy) is 1. The zero-order valence-corrected chi connectivity index (χ0v) is 17.7. The summed E-state index contributed by atoms with van der Waals surface area (Å²) in [6, 6.07) is 0. The third-order valence-electron chi connectivity index (χ3n) is 5.61. The lowest BCUT2D eigenvalue weighted by Crippen LogP contribution is -2.21. The summed E-state index contributed by atoms with van der Waals surface area (Å²) in [5.74, 6) is 0.608. The van der Waals surface area contributed by atoms with E-state index in [0.29, 0.717) is 24.7 Å². The molecule has 156 valence electrons. The summed E-state index contributed by atoms with van der Waals surface area (Å²) in [5.41, 5.74) is -0.757. The quantitative estimate of drug-likeness (QED) is 0.250. The van der Waals surface area contributed by atoms with Crippen LogP contribution in [0.25, 0.3) is 0 Å². The predicted molar refractivity (Wildman–Crippen MR) is 109 cm³/mol. The molecule has 1 saturated carbocycles. The molecule has 0 aromatic carbocycles. The number of hydrogen-bond donors (Lipinski definition) is 1. The highest BCUT2D eigenvalue weighted by Crippen LogP contribution is 2.34. The number of aliphatic hydroxyl groups is 1. The predicted octanol–water partition coefficient (Wildman–Crippen LogP) is 5.37. The van der Waals surface area contributed by atoms with Gasteiger partial charge in [-0.25, -0.2) is 0 Å². The molecule has 4 heteroatoms. The summed E-state index contributed by atoms with van der Waals surface area (Å²) in [6.07, 6.45) is 16.0. The van der Waals surface area contributed by atoms with Crippen LogP contribution in [-0.4, -0.2) is 29.1 Å². The smallest absolute Gasteiger partial charge is 0.302 e. The van der Waals surface area contributed by atoms with Crippen LogP contribution in [0.2, 0.25) is 0 Å². The lowest BCUT2D eigenvalue weighted by atomic mass is 9.87. The first-order valence-corrected chi connectivity index (χ1v) is 10.9. The molecule has 0 saturated heterocycles. The maximum absolute atomic E-state index is 12.2. The number of unbranched alkanes of at least 4 members (excludes halogenated alkanes) is 6. The summed E-state index contributed by atoms with van der Waals surface area (Å²) in [5, 5.41) is 10.5. The van der Waals surface area contributed by atoms with E-state index < -0.39 is 5.60 Å². The van der Waals surface area contributed by atoms with Gasteiger partial charge in [-0.2, -0.15) is 0 Å². The fourth-order valence-corrected chi connectivity index (χ4v) is 3.90. The molecule has 1 fully saturated rings.